The van der Waals surface area contributed by atoms with Gasteiger partial charge < -0.3 is 5.32 Å². The zero-order valence-electron chi connectivity index (χ0n) is 10.0. The molecular weight excluding hydrogens is 260 g/mol. The van der Waals surface area contributed by atoms with Crippen molar-refractivity contribution >= 4 is 11.6 Å². The largest absolute Gasteiger partial charge is 0.334 e. The van der Waals surface area contributed by atoms with E-state index >= 15 is 0 Å². The van der Waals surface area contributed by atoms with Crippen LogP contribution in [-0.4, -0.2) is 16.4 Å². The first kappa shape index (κ1) is 14.5. The molecular formula is C11H9F2N3O3. The second-order valence-electron chi connectivity index (χ2n) is 4.23. The molecule has 1 amide bonds. The lowest BCUT2D eigenvalue weighted by Gasteiger charge is -2.17. The molecule has 1 rings (SSSR count). The summed E-state index contributed by atoms with van der Waals surface area (Å²) in [6.45, 7) is 2.73. The first-order valence-electron chi connectivity index (χ1n) is 5.05. The first-order chi connectivity index (χ1) is 8.68. The van der Waals surface area contributed by atoms with Gasteiger partial charge in [-0.25, -0.2) is 4.39 Å². The highest BCUT2D eigenvalue weighted by Gasteiger charge is 2.26. The lowest BCUT2D eigenvalue weighted by molar-refractivity contribution is -0.387. The Morgan fingerprint density at radius 2 is 2.00 bits per heavy atom. The molecule has 0 atom stereocenters. The highest BCUT2D eigenvalue weighted by molar-refractivity contribution is 5.95. The molecule has 0 saturated heterocycles. The number of rotatable bonds is 3. The van der Waals surface area contributed by atoms with Crippen LogP contribution >= 0.6 is 0 Å². The summed E-state index contributed by atoms with van der Waals surface area (Å²) in [5, 5.41) is 21.3. The van der Waals surface area contributed by atoms with Gasteiger partial charge in [0.2, 0.25) is 5.82 Å². The van der Waals surface area contributed by atoms with Gasteiger partial charge in [-0.2, -0.15) is 9.65 Å². The van der Waals surface area contributed by atoms with Crippen LogP contribution in [0.2, 0.25) is 0 Å². The number of hydrogen-bond donors (Lipinski definition) is 1. The minimum atomic E-state index is -1.33. The van der Waals surface area contributed by atoms with Crippen molar-refractivity contribution in [3.63, 3.8) is 0 Å². The number of amides is 1. The van der Waals surface area contributed by atoms with Gasteiger partial charge in [0, 0.05) is 0 Å². The minimum absolute atomic E-state index is 0.323. The van der Waals surface area contributed by atoms with E-state index in [1.807, 2.05) is 0 Å². The van der Waals surface area contributed by atoms with Crippen molar-refractivity contribution in [3.8, 4) is 6.07 Å². The number of hydrogen-bond acceptors (Lipinski definition) is 4. The fourth-order valence-corrected chi connectivity index (χ4v) is 1.23. The Labute approximate surface area is 106 Å². The number of nitro benzene ring substituents is 1. The molecule has 0 fully saturated rings. The molecule has 1 aromatic carbocycles. The zero-order chi connectivity index (χ0) is 14.8. The molecule has 0 saturated carbocycles. The number of nitrogens with zero attached hydrogens (tertiary/aromatic N) is 2. The van der Waals surface area contributed by atoms with Gasteiger partial charge in [0.05, 0.1) is 22.6 Å². The van der Waals surface area contributed by atoms with Gasteiger partial charge in [0.15, 0.2) is 0 Å². The Morgan fingerprint density at radius 1 is 1.42 bits per heavy atom. The minimum Gasteiger partial charge on any atom is -0.334 e. The Morgan fingerprint density at radius 3 is 2.47 bits per heavy atom. The zero-order valence-corrected chi connectivity index (χ0v) is 10.0. The smallest absolute Gasteiger partial charge is 0.307 e. The second kappa shape index (κ2) is 4.97. The van der Waals surface area contributed by atoms with Gasteiger partial charge in [-0.15, -0.1) is 0 Å². The third-order valence-corrected chi connectivity index (χ3v) is 2.18. The number of nitrogens with one attached hydrogen (secondary N) is 1. The molecule has 0 heterocycles. The van der Waals surface area contributed by atoms with E-state index in [0.29, 0.717) is 12.1 Å². The van der Waals surface area contributed by atoms with Crippen LogP contribution in [0.5, 0.6) is 0 Å². The van der Waals surface area contributed by atoms with Crippen molar-refractivity contribution in [2.45, 2.75) is 19.4 Å². The third-order valence-electron chi connectivity index (χ3n) is 2.18. The number of carbonyl (C=O) groups excluding carboxylic acids is 1. The molecule has 100 valence electrons. The predicted molar refractivity (Wildman–Crippen MR) is 60.2 cm³/mol. The molecule has 0 unspecified atom stereocenters. The molecule has 19 heavy (non-hydrogen) atoms. The molecule has 6 nitrogen and oxygen atoms in total. The standard InChI is InChI=1S/C11H9F2N3O3/c1-11(2,5-14)15-10(17)6-3-8(13)9(16(18)19)4-7(6)12/h3-4H,1-2H3,(H,15,17). The highest BCUT2D eigenvalue weighted by Crippen LogP contribution is 2.21. The van der Waals surface area contributed by atoms with Gasteiger partial charge in [0.1, 0.15) is 11.4 Å². The van der Waals surface area contributed by atoms with Crippen molar-refractivity contribution in [1.29, 1.82) is 5.26 Å². The summed E-state index contributed by atoms with van der Waals surface area (Å²) in [5.74, 6) is -3.59. The van der Waals surface area contributed by atoms with E-state index < -0.39 is 39.3 Å². The maximum absolute atomic E-state index is 13.5. The average molecular weight is 269 g/mol. The summed E-state index contributed by atoms with van der Waals surface area (Å²) >= 11 is 0. The lowest BCUT2D eigenvalue weighted by Crippen LogP contribution is -2.42. The SMILES string of the molecule is CC(C)(C#N)NC(=O)c1cc(F)c([N+](=O)[O-])cc1F. The van der Waals surface area contributed by atoms with Gasteiger partial charge >= 0.3 is 5.69 Å². The molecule has 8 heteroatoms. The van der Waals surface area contributed by atoms with Crippen LogP contribution in [0, 0.1) is 33.1 Å². The van der Waals surface area contributed by atoms with Gasteiger partial charge in [0.25, 0.3) is 5.91 Å². The van der Waals surface area contributed by atoms with Crippen LogP contribution < -0.4 is 5.32 Å². The number of halogens is 2. The van der Waals surface area contributed by atoms with E-state index in [9.17, 15) is 23.7 Å². The first-order valence-corrected chi connectivity index (χ1v) is 5.05. The van der Waals surface area contributed by atoms with E-state index in [2.05, 4.69) is 5.32 Å². The number of nitriles is 1. The Balaban J connectivity index is 3.17. The Bertz CT molecular complexity index is 594. The van der Waals surface area contributed by atoms with E-state index in [1.54, 1.807) is 6.07 Å². The summed E-state index contributed by atoms with van der Waals surface area (Å²) < 4.78 is 26.8. The van der Waals surface area contributed by atoms with E-state index in [1.165, 1.54) is 13.8 Å². The molecule has 1 aromatic rings. The molecule has 0 aliphatic rings. The molecule has 0 aromatic heterocycles. The fourth-order valence-electron chi connectivity index (χ4n) is 1.23. The quantitative estimate of drug-likeness (QED) is 0.669. The molecule has 0 aliphatic heterocycles. The topological polar surface area (TPSA) is 96.0 Å². The maximum Gasteiger partial charge on any atom is 0.307 e. The third kappa shape index (κ3) is 3.22. The summed E-state index contributed by atoms with van der Waals surface area (Å²) in [5.41, 5.74) is -3.04. The Kier molecular flexibility index (Phi) is 3.80. The second-order valence-corrected chi connectivity index (χ2v) is 4.23. The molecule has 1 N–H and O–H groups in total. The number of benzene rings is 1. The van der Waals surface area contributed by atoms with Crippen LogP contribution in [0.25, 0.3) is 0 Å². The van der Waals surface area contributed by atoms with E-state index in [4.69, 9.17) is 5.26 Å². The summed E-state index contributed by atoms with van der Waals surface area (Å²) in [7, 11) is 0. The molecule has 0 spiro atoms. The van der Waals surface area contributed by atoms with Gasteiger partial charge in [-0.1, -0.05) is 0 Å². The van der Waals surface area contributed by atoms with E-state index in [0.717, 1.165) is 0 Å². The molecule has 0 aliphatic carbocycles. The monoisotopic (exact) mass is 269 g/mol. The molecule has 0 bridgehead atoms. The maximum atomic E-state index is 13.5. The van der Waals surface area contributed by atoms with E-state index in [-0.39, 0.29) is 0 Å². The number of carbonyl (C=O) groups is 1. The van der Waals surface area contributed by atoms with Crippen LogP contribution in [-0.2, 0) is 0 Å². The average Bonchev–Trinajstić information content (AvgIpc) is 2.30. The predicted octanol–water partition coefficient (Wildman–Crippen LogP) is 1.90. The fraction of sp³-hybridized carbons (Fsp3) is 0.273. The van der Waals surface area contributed by atoms with Crippen LogP contribution in [0.3, 0.4) is 0 Å². The molecule has 0 radical (unpaired) electrons. The van der Waals surface area contributed by atoms with Crippen LogP contribution in [0.1, 0.15) is 24.2 Å². The van der Waals surface area contributed by atoms with Gasteiger partial charge in [-0.3, -0.25) is 14.9 Å². The summed E-state index contributed by atoms with van der Waals surface area (Å²) in [4.78, 5) is 20.9. The van der Waals surface area contributed by atoms with Crippen molar-refractivity contribution in [1.82, 2.24) is 5.32 Å². The van der Waals surface area contributed by atoms with Crippen molar-refractivity contribution in [3.05, 3.63) is 39.4 Å². The Hall–Kier alpha value is -2.56. The summed E-state index contributed by atoms with van der Waals surface area (Å²) in [6, 6.07) is 2.50. The van der Waals surface area contributed by atoms with Crippen molar-refractivity contribution in [2.24, 2.45) is 0 Å². The lowest BCUT2D eigenvalue weighted by atomic mass is 10.1. The van der Waals surface area contributed by atoms with Crippen LogP contribution in [0.15, 0.2) is 12.1 Å². The van der Waals surface area contributed by atoms with Crippen LogP contribution in [0.4, 0.5) is 14.5 Å². The highest BCUT2D eigenvalue weighted by atomic mass is 19.1. The normalized spacial score (nSPS) is 10.7. The van der Waals surface area contributed by atoms with Crippen molar-refractivity contribution < 1.29 is 18.5 Å². The number of nitro groups is 1. The summed E-state index contributed by atoms with van der Waals surface area (Å²) in [6.07, 6.45) is 0. The van der Waals surface area contributed by atoms with Gasteiger partial charge in [-0.05, 0) is 19.9 Å². The van der Waals surface area contributed by atoms with Crippen molar-refractivity contribution in [2.75, 3.05) is 0 Å².